The van der Waals surface area contributed by atoms with Crippen molar-refractivity contribution in [2.75, 3.05) is 47.9 Å². The van der Waals surface area contributed by atoms with Gasteiger partial charge in [-0.3, -0.25) is 9.59 Å². The molecule has 0 saturated carbocycles. The molecule has 1 heterocycles. The smallest absolute Gasteiger partial charge is 0.226 e. The van der Waals surface area contributed by atoms with Gasteiger partial charge in [0.25, 0.3) is 0 Å². The van der Waals surface area contributed by atoms with Crippen molar-refractivity contribution in [1.29, 1.82) is 0 Å². The number of methoxy groups -OCH3 is 2. The Morgan fingerprint density at radius 1 is 1.27 bits per heavy atom. The molecule has 7 nitrogen and oxygen atoms in total. The number of hydrogen-bond acceptors (Lipinski definition) is 5. The standard InChI is InChI=1S/C19H29N3O4/c1-6-22-17(23)12-14(19(24)20-9-10-21(2)3)18(22)13-7-8-15(25-4)16(11-13)26-5/h7-8,11,14,18H,6,9-10,12H2,1-5H3,(H,20,24)/t14-,18+/m1/s1. The van der Waals surface area contributed by atoms with Crippen LogP contribution >= 0.6 is 0 Å². The molecule has 144 valence electrons. The Morgan fingerprint density at radius 3 is 2.54 bits per heavy atom. The van der Waals surface area contributed by atoms with Crippen LogP contribution in [-0.2, 0) is 9.59 Å². The largest absolute Gasteiger partial charge is 0.493 e. The predicted octanol–water partition coefficient (Wildman–Crippen LogP) is 1.29. The Hall–Kier alpha value is -2.28. The molecule has 1 saturated heterocycles. The van der Waals surface area contributed by atoms with Gasteiger partial charge in [0.2, 0.25) is 11.8 Å². The van der Waals surface area contributed by atoms with E-state index in [2.05, 4.69) is 5.32 Å². The van der Waals surface area contributed by atoms with Crippen molar-refractivity contribution in [2.24, 2.45) is 5.92 Å². The SMILES string of the molecule is CCN1C(=O)C[C@@H](C(=O)NCCN(C)C)[C@@H]1c1ccc(OC)c(OC)c1. The van der Waals surface area contributed by atoms with E-state index in [1.54, 1.807) is 19.1 Å². The van der Waals surface area contributed by atoms with Crippen LogP contribution in [0.2, 0.25) is 0 Å². The van der Waals surface area contributed by atoms with Crippen LogP contribution in [0.5, 0.6) is 11.5 Å². The maximum absolute atomic E-state index is 12.7. The lowest BCUT2D eigenvalue weighted by molar-refractivity contribution is -0.129. The molecule has 1 aliphatic rings. The third-order valence-electron chi connectivity index (χ3n) is 4.72. The second kappa shape index (κ2) is 8.89. The van der Waals surface area contributed by atoms with E-state index in [9.17, 15) is 9.59 Å². The monoisotopic (exact) mass is 363 g/mol. The Bertz CT molecular complexity index is 648. The third kappa shape index (κ3) is 4.27. The molecule has 1 N–H and O–H groups in total. The maximum Gasteiger partial charge on any atom is 0.226 e. The minimum Gasteiger partial charge on any atom is -0.493 e. The average Bonchev–Trinajstić information content (AvgIpc) is 2.97. The molecule has 0 aliphatic carbocycles. The van der Waals surface area contributed by atoms with Gasteiger partial charge in [-0.15, -0.1) is 0 Å². The van der Waals surface area contributed by atoms with Crippen molar-refractivity contribution in [3.05, 3.63) is 23.8 Å². The summed E-state index contributed by atoms with van der Waals surface area (Å²) in [5.74, 6) is 0.710. The minimum atomic E-state index is -0.414. The first-order chi connectivity index (χ1) is 12.4. The van der Waals surface area contributed by atoms with E-state index in [1.165, 1.54) is 0 Å². The molecule has 7 heteroatoms. The summed E-state index contributed by atoms with van der Waals surface area (Å²) in [5.41, 5.74) is 0.878. The molecule has 26 heavy (non-hydrogen) atoms. The Labute approximate surface area is 155 Å². The zero-order valence-corrected chi connectivity index (χ0v) is 16.2. The van der Waals surface area contributed by atoms with Gasteiger partial charge in [0.15, 0.2) is 11.5 Å². The van der Waals surface area contributed by atoms with Crippen molar-refractivity contribution in [2.45, 2.75) is 19.4 Å². The van der Waals surface area contributed by atoms with Crippen molar-refractivity contribution in [3.63, 3.8) is 0 Å². The van der Waals surface area contributed by atoms with Crippen LogP contribution in [0.25, 0.3) is 0 Å². The maximum atomic E-state index is 12.7. The summed E-state index contributed by atoms with van der Waals surface area (Å²) in [5, 5.41) is 2.96. The van der Waals surface area contributed by atoms with Gasteiger partial charge in [0.1, 0.15) is 0 Å². The first kappa shape index (κ1) is 20.0. The van der Waals surface area contributed by atoms with E-state index in [1.807, 2.05) is 44.1 Å². The first-order valence-electron chi connectivity index (χ1n) is 8.86. The molecule has 0 spiro atoms. The van der Waals surface area contributed by atoms with E-state index in [0.717, 1.165) is 12.1 Å². The summed E-state index contributed by atoms with van der Waals surface area (Å²) >= 11 is 0. The Kier molecular flexibility index (Phi) is 6.85. The summed E-state index contributed by atoms with van der Waals surface area (Å²) in [6, 6.07) is 5.26. The molecule has 1 fully saturated rings. The molecule has 2 amide bonds. The van der Waals surface area contributed by atoms with E-state index in [-0.39, 0.29) is 24.3 Å². The number of likely N-dealkylation sites (tertiary alicyclic amines) is 1. The van der Waals surface area contributed by atoms with Crippen molar-refractivity contribution in [3.8, 4) is 11.5 Å². The van der Waals surface area contributed by atoms with Gasteiger partial charge in [-0.2, -0.15) is 0 Å². The lowest BCUT2D eigenvalue weighted by atomic mass is 9.92. The molecule has 0 radical (unpaired) electrons. The van der Waals surface area contributed by atoms with Gasteiger partial charge in [-0.25, -0.2) is 0 Å². The average molecular weight is 363 g/mol. The van der Waals surface area contributed by atoms with Crippen LogP contribution in [0, 0.1) is 5.92 Å². The second-order valence-electron chi connectivity index (χ2n) is 6.64. The number of nitrogens with zero attached hydrogens (tertiary/aromatic N) is 2. The number of ether oxygens (including phenoxy) is 2. The lowest BCUT2D eigenvalue weighted by Gasteiger charge is -2.28. The van der Waals surface area contributed by atoms with E-state index < -0.39 is 5.92 Å². The molecule has 0 bridgehead atoms. The summed E-state index contributed by atoms with van der Waals surface area (Å²) in [4.78, 5) is 28.9. The van der Waals surface area contributed by atoms with Crippen LogP contribution in [0.3, 0.4) is 0 Å². The minimum absolute atomic E-state index is 0.0000412. The second-order valence-corrected chi connectivity index (χ2v) is 6.64. The van der Waals surface area contributed by atoms with Crippen LogP contribution in [0.15, 0.2) is 18.2 Å². The normalized spacial score (nSPS) is 19.8. The topological polar surface area (TPSA) is 71.1 Å². The van der Waals surface area contributed by atoms with Gasteiger partial charge in [-0.05, 0) is 38.7 Å². The fourth-order valence-corrected chi connectivity index (χ4v) is 3.38. The van der Waals surface area contributed by atoms with Crippen LogP contribution in [0.4, 0.5) is 0 Å². The summed E-state index contributed by atoms with van der Waals surface area (Å²) in [6.07, 6.45) is 0.223. The third-order valence-corrected chi connectivity index (χ3v) is 4.72. The summed E-state index contributed by atoms with van der Waals surface area (Å²) in [7, 11) is 7.06. The number of hydrogen-bond donors (Lipinski definition) is 1. The molecule has 0 aromatic heterocycles. The van der Waals surface area contributed by atoms with Crippen molar-refractivity contribution >= 4 is 11.8 Å². The number of amides is 2. The highest BCUT2D eigenvalue weighted by Gasteiger charge is 2.43. The van der Waals surface area contributed by atoms with Crippen LogP contribution in [-0.4, -0.2) is 69.6 Å². The molecule has 0 unspecified atom stereocenters. The Morgan fingerprint density at radius 2 is 1.96 bits per heavy atom. The van der Waals surface area contributed by atoms with Crippen molar-refractivity contribution in [1.82, 2.24) is 15.1 Å². The quantitative estimate of drug-likeness (QED) is 0.754. The van der Waals surface area contributed by atoms with Gasteiger partial charge in [0, 0.05) is 26.1 Å². The number of carbonyl (C=O) groups excluding carboxylic acids is 2. The van der Waals surface area contributed by atoms with E-state index in [0.29, 0.717) is 24.6 Å². The molecule has 1 aromatic carbocycles. The lowest BCUT2D eigenvalue weighted by Crippen LogP contribution is -2.38. The fraction of sp³-hybridized carbons (Fsp3) is 0.579. The molecule has 1 aliphatic heterocycles. The predicted molar refractivity (Wildman–Crippen MR) is 99.3 cm³/mol. The van der Waals surface area contributed by atoms with Crippen LogP contribution < -0.4 is 14.8 Å². The van der Waals surface area contributed by atoms with Gasteiger partial charge < -0.3 is 24.6 Å². The number of likely N-dealkylation sites (N-methyl/N-ethyl adjacent to an activating group) is 1. The Balaban J connectivity index is 2.28. The highest BCUT2D eigenvalue weighted by molar-refractivity contribution is 5.90. The molecular formula is C19H29N3O4. The number of carbonyl (C=O) groups is 2. The zero-order valence-electron chi connectivity index (χ0n) is 16.2. The van der Waals surface area contributed by atoms with E-state index in [4.69, 9.17) is 9.47 Å². The molecular weight excluding hydrogens is 334 g/mol. The molecule has 2 rings (SSSR count). The van der Waals surface area contributed by atoms with Gasteiger partial charge >= 0.3 is 0 Å². The fourth-order valence-electron chi connectivity index (χ4n) is 3.38. The highest BCUT2D eigenvalue weighted by Crippen LogP contribution is 2.41. The summed E-state index contributed by atoms with van der Waals surface area (Å²) < 4.78 is 10.7. The zero-order chi connectivity index (χ0) is 19.3. The first-order valence-corrected chi connectivity index (χ1v) is 8.86. The van der Waals surface area contributed by atoms with Crippen LogP contribution in [0.1, 0.15) is 24.9 Å². The number of rotatable bonds is 8. The van der Waals surface area contributed by atoms with Crippen molar-refractivity contribution < 1.29 is 19.1 Å². The molecule has 2 atom stereocenters. The van der Waals surface area contributed by atoms with E-state index >= 15 is 0 Å². The number of nitrogens with one attached hydrogen (secondary N) is 1. The number of benzene rings is 1. The van der Waals surface area contributed by atoms with Gasteiger partial charge in [0.05, 0.1) is 26.2 Å². The highest BCUT2D eigenvalue weighted by atomic mass is 16.5. The molecule has 1 aromatic rings. The van der Waals surface area contributed by atoms with Gasteiger partial charge in [-0.1, -0.05) is 6.07 Å². The summed E-state index contributed by atoms with van der Waals surface area (Å²) in [6.45, 7) is 3.80.